The number of hydrogen-bond donors (Lipinski definition) is 1. The van der Waals surface area contributed by atoms with E-state index in [0.29, 0.717) is 49.5 Å². The van der Waals surface area contributed by atoms with Crippen molar-refractivity contribution >= 4 is 21.3 Å². The minimum Gasteiger partial charge on any atom is -0.419 e. The molecule has 0 aliphatic carbocycles. The number of nitrogens with one attached hydrogen (secondary N) is 1. The van der Waals surface area contributed by atoms with Gasteiger partial charge in [0.05, 0.1) is 22.8 Å². The molecule has 2 aromatic carbocycles. The zero-order chi connectivity index (χ0) is 24.6. The first-order valence-corrected chi connectivity index (χ1v) is 12.9. The maximum atomic E-state index is 14.6. The van der Waals surface area contributed by atoms with E-state index in [1.54, 1.807) is 6.92 Å². The lowest BCUT2D eigenvalue weighted by molar-refractivity contribution is 0.218. The highest BCUT2D eigenvalue weighted by Gasteiger charge is 2.24. The highest BCUT2D eigenvalue weighted by atomic mass is 32.2. The Labute approximate surface area is 202 Å². The third-order valence-corrected chi connectivity index (χ3v) is 6.83. The van der Waals surface area contributed by atoms with Crippen molar-refractivity contribution in [3.8, 4) is 11.5 Å². The lowest BCUT2D eigenvalue weighted by Gasteiger charge is -2.28. The van der Waals surface area contributed by atoms with Crippen molar-refractivity contribution in [3.05, 3.63) is 77.3 Å². The Morgan fingerprint density at radius 2 is 1.91 bits per heavy atom. The number of anilines is 2. The third kappa shape index (κ3) is 5.05. The number of benzene rings is 2. The van der Waals surface area contributed by atoms with Crippen LogP contribution in [-0.4, -0.2) is 46.3 Å². The van der Waals surface area contributed by atoms with E-state index in [2.05, 4.69) is 30.4 Å². The lowest BCUT2D eigenvalue weighted by atomic mass is 10.0. The molecule has 1 N–H and O–H groups in total. The highest BCUT2D eigenvalue weighted by Crippen LogP contribution is 2.29. The van der Waals surface area contributed by atoms with E-state index in [1.807, 2.05) is 30.3 Å². The number of hydrogen-bond acceptors (Lipinski definition) is 9. The average molecular weight is 495 g/mol. The normalized spacial score (nSPS) is 14.0. The second-order valence-corrected chi connectivity index (χ2v) is 10.4. The van der Waals surface area contributed by atoms with E-state index in [9.17, 15) is 12.8 Å². The molecule has 0 amide bonds. The number of aromatic nitrogens is 4. The molecule has 1 aliphatic rings. The van der Waals surface area contributed by atoms with E-state index in [-0.39, 0.29) is 10.6 Å². The van der Waals surface area contributed by atoms with Gasteiger partial charge in [0.1, 0.15) is 17.5 Å². The predicted octanol–water partition coefficient (Wildman–Crippen LogP) is 3.68. The molecule has 180 valence electrons. The number of aryl methyl sites for hydroxylation is 1. The monoisotopic (exact) mass is 494 g/mol. The fourth-order valence-corrected chi connectivity index (χ4v) is 4.64. The highest BCUT2D eigenvalue weighted by molar-refractivity contribution is 7.90. The van der Waals surface area contributed by atoms with E-state index in [1.165, 1.54) is 12.1 Å². The standard InChI is InChI=1S/C24H23FN6O3S/c1-15-26-21-13-31(14-22-29-30-24(34-22)16-6-4-3-5-7-16)11-10-18(21)23(27-15)28-20-9-8-17(12-19(20)25)35(2,32)33/h3-9,12H,10-11,13-14H2,1-2H3,(H,26,27,28). The predicted molar refractivity (Wildman–Crippen MR) is 127 cm³/mol. The summed E-state index contributed by atoms with van der Waals surface area (Å²) >= 11 is 0. The Kier molecular flexibility index (Phi) is 6.03. The van der Waals surface area contributed by atoms with Crippen LogP contribution in [-0.2, 0) is 29.3 Å². The van der Waals surface area contributed by atoms with Gasteiger partial charge >= 0.3 is 0 Å². The van der Waals surface area contributed by atoms with Crippen molar-refractivity contribution in [1.29, 1.82) is 0 Å². The maximum absolute atomic E-state index is 14.6. The molecule has 0 unspecified atom stereocenters. The first kappa shape index (κ1) is 23.1. The van der Waals surface area contributed by atoms with Crippen LogP contribution in [0, 0.1) is 12.7 Å². The molecule has 5 rings (SSSR count). The summed E-state index contributed by atoms with van der Waals surface area (Å²) < 4.78 is 43.9. The molecule has 35 heavy (non-hydrogen) atoms. The van der Waals surface area contributed by atoms with Crippen molar-refractivity contribution in [3.63, 3.8) is 0 Å². The molecule has 2 aromatic heterocycles. The molecule has 9 nitrogen and oxygen atoms in total. The van der Waals surface area contributed by atoms with Gasteiger partial charge in [-0.2, -0.15) is 0 Å². The summed E-state index contributed by atoms with van der Waals surface area (Å²) in [6.07, 6.45) is 1.68. The number of rotatable bonds is 6. The fraction of sp³-hybridized carbons (Fsp3) is 0.250. The zero-order valence-corrected chi connectivity index (χ0v) is 20.0. The van der Waals surface area contributed by atoms with E-state index < -0.39 is 15.7 Å². The van der Waals surface area contributed by atoms with Gasteiger partial charge in [-0.25, -0.2) is 22.8 Å². The summed E-state index contributed by atoms with van der Waals surface area (Å²) in [6.45, 7) is 3.50. The fourth-order valence-electron chi connectivity index (χ4n) is 4.01. The molecule has 4 aromatic rings. The minimum atomic E-state index is -3.50. The van der Waals surface area contributed by atoms with Crippen LogP contribution in [0.2, 0.25) is 0 Å². The topological polar surface area (TPSA) is 114 Å². The van der Waals surface area contributed by atoms with Crippen molar-refractivity contribution in [2.24, 2.45) is 0 Å². The third-order valence-electron chi connectivity index (χ3n) is 5.72. The summed E-state index contributed by atoms with van der Waals surface area (Å²) in [5.41, 5.74) is 2.75. The Morgan fingerprint density at radius 1 is 1.11 bits per heavy atom. The quantitative estimate of drug-likeness (QED) is 0.429. The van der Waals surface area contributed by atoms with Crippen molar-refractivity contribution in [1.82, 2.24) is 25.1 Å². The van der Waals surface area contributed by atoms with Gasteiger partial charge in [0.25, 0.3) is 0 Å². The second-order valence-electron chi connectivity index (χ2n) is 8.41. The van der Waals surface area contributed by atoms with Gasteiger partial charge in [0, 0.05) is 30.5 Å². The Hall–Kier alpha value is -3.70. The Balaban J connectivity index is 1.34. The van der Waals surface area contributed by atoms with Gasteiger partial charge in [-0.15, -0.1) is 10.2 Å². The molecule has 0 bridgehead atoms. The smallest absolute Gasteiger partial charge is 0.247 e. The number of nitrogens with zero attached hydrogens (tertiary/aromatic N) is 5. The first-order valence-electron chi connectivity index (χ1n) is 11.0. The van der Waals surface area contributed by atoms with Crippen LogP contribution in [0.25, 0.3) is 11.5 Å². The van der Waals surface area contributed by atoms with Crippen LogP contribution in [0.3, 0.4) is 0 Å². The molecule has 0 atom stereocenters. The van der Waals surface area contributed by atoms with Crippen molar-refractivity contribution in [2.75, 3.05) is 18.1 Å². The van der Waals surface area contributed by atoms with Gasteiger partial charge in [0.2, 0.25) is 11.8 Å². The molecule has 0 fully saturated rings. The number of halogens is 1. The summed E-state index contributed by atoms with van der Waals surface area (Å²) in [4.78, 5) is 11.2. The van der Waals surface area contributed by atoms with Gasteiger partial charge < -0.3 is 9.73 Å². The molecule has 0 spiro atoms. The summed E-state index contributed by atoms with van der Waals surface area (Å²) in [6, 6.07) is 13.4. The average Bonchev–Trinajstić information content (AvgIpc) is 3.28. The van der Waals surface area contributed by atoms with Crippen LogP contribution in [0.15, 0.2) is 57.8 Å². The Bertz CT molecular complexity index is 1490. The first-order chi connectivity index (χ1) is 16.8. The zero-order valence-electron chi connectivity index (χ0n) is 19.2. The maximum Gasteiger partial charge on any atom is 0.247 e. The molecule has 0 radical (unpaired) electrons. The number of fused-ring (bicyclic) bond motifs is 1. The van der Waals surface area contributed by atoms with Gasteiger partial charge in [0.15, 0.2) is 9.84 Å². The SMILES string of the molecule is Cc1nc2c(c(Nc3ccc(S(C)(=O)=O)cc3F)n1)CCN(Cc1nnc(-c3ccccc3)o1)C2. The van der Waals surface area contributed by atoms with Crippen molar-refractivity contribution in [2.45, 2.75) is 31.3 Å². The van der Waals surface area contributed by atoms with Crippen LogP contribution >= 0.6 is 0 Å². The molecule has 0 saturated carbocycles. The van der Waals surface area contributed by atoms with Crippen LogP contribution in [0.5, 0.6) is 0 Å². The molecule has 3 heterocycles. The molecule has 1 aliphatic heterocycles. The van der Waals surface area contributed by atoms with Crippen LogP contribution in [0.4, 0.5) is 15.9 Å². The van der Waals surface area contributed by atoms with E-state index in [0.717, 1.165) is 29.1 Å². The molecule has 11 heteroatoms. The van der Waals surface area contributed by atoms with Gasteiger partial charge in [-0.05, 0) is 43.7 Å². The minimum absolute atomic E-state index is 0.0754. The van der Waals surface area contributed by atoms with E-state index >= 15 is 0 Å². The lowest BCUT2D eigenvalue weighted by Crippen LogP contribution is -2.32. The van der Waals surface area contributed by atoms with Gasteiger partial charge in [-0.1, -0.05) is 18.2 Å². The van der Waals surface area contributed by atoms with Gasteiger partial charge in [-0.3, -0.25) is 4.90 Å². The summed E-state index contributed by atoms with van der Waals surface area (Å²) in [5, 5.41) is 11.4. The van der Waals surface area contributed by atoms with Crippen LogP contribution in [0.1, 0.15) is 23.0 Å². The van der Waals surface area contributed by atoms with E-state index in [4.69, 9.17) is 4.42 Å². The number of sulfone groups is 1. The van der Waals surface area contributed by atoms with Crippen molar-refractivity contribution < 1.29 is 17.2 Å². The Morgan fingerprint density at radius 3 is 2.66 bits per heavy atom. The largest absolute Gasteiger partial charge is 0.419 e. The van der Waals surface area contributed by atoms with Crippen LogP contribution < -0.4 is 5.32 Å². The molecular formula is C24H23FN6O3S. The molecular weight excluding hydrogens is 471 g/mol. The second kappa shape index (κ2) is 9.16. The molecule has 0 saturated heterocycles. The summed E-state index contributed by atoms with van der Waals surface area (Å²) in [7, 11) is -3.50. The summed E-state index contributed by atoms with van der Waals surface area (Å²) in [5.74, 6) is 1.39.